The van der Waals surface area contributed by atoms with Crippen molar-refractivity contribution in [1.29, 1.82) is 0 Å². The number of nitrogens with one attached hydrogen (secondary N) is 1. The van der Waals surface area contributed by atoms with E-state index in [9.17, 15) is 9.59 Å². The Hall–Kier alpha value is -3.03. The summed E-state index contributed by atoms with van der Waals surface area (Å²) in [5, 5.41) is 4.07. The summed E-state index contributed by atoms with van der Waals surface area (Å²) in [5.41, 5.74) is 2.06. The highest BCUT2D eigenvalue weighted by Gasteiger charge is 2.32. The SMILES string of the molecule is C=CCSc1nc(=O)c2c(n1C)NC(=O)C[C@@H]2c1ccc(OCc2ccc(Cl)cc2)cc1. The van der Waals surface area contributed by atoms with Gasteiger partial charge in [-0.05, 0) is 35.4 Å². The third-order valence-corrected chi connectivity index (χ3v) is 6.51. The minimum atomic E-state index is -0.367. The van der Waals surface area contributed by atoms with E-state index in [4.69, 9.17) is 16.3 Å². The highest BCUT2D eigenvalue weighted by atomic mass is 35.5. The molecular weight excluding hydrogens is 446 g/mol. The molecule has 1 aliphatic rings. The largest absolute Gasteiger partial charge is 0.489 e. The number of thioether (sulfide) groups is 1. The van der Waals surface area contributed by atoms with Gasteiger partial charge in [0.15, 0.2) is 5.16 Å². The van der Waals surface area contributed by atoms with E-state index < -0.39 is 0 Å². The summed E-state index contributed by atoms with van der Waals surface area (Å²) in [5.74, 6) is 1.32. The highest BCUT2D eigenvalue weighted by Crippen LogP contribution is 2.36. The van der Waals surface area contributed by atoms with Crippen molar-refractivity contribution in [2.45, 2.75) is 24.1 Å². The molecular formula is C24H22ClN3O3S. The first kappa shape index (κ1) is 22.2. The van der Waals surface area contributed by atoms with Gasteiger partial charge in [0, 0.05) is 30.2 Å². The van der Waals surface area contributed by atoms with E-state index in [0.29, 0.717) is 39.7 Å². The van der Waals surface area contributed by atoms with E-state index in [2.05, 4.69) is 16.9 Å². The fourth-order valence-electron chi connectivity index (χ4n) is 3.63. The molecule has 1 N–H and O–H groups in total. The Bertz CT molecular complexity index is 1210. The lowest BCUT2D eigenvalue weighted by molar-refractivity contribution is -0.116. The summed E-state index contributed by atoms with van der Waals surface area (Å²) in [7, 11) is 1.80. The van der Waals surface area contributed by atoms with Gasteiger partial charge in [-0.15, -0.1) is 6.58 Å². The van der Waals surface area contributed by atoms with Gasteiger partial charge in [0.2, 0.25) is 5.91 Å². The lowest BCUT2D eigenvalue weighted by Gasteiger charge is -2.27. The number of hydrogen-bond donors (Lipinski definition) is 1. The van der Waals surface area contributed by atoms with Gasteiger partial charge in [0.25, 0.3) is 5.56 Å². The number of halogens is 1. The zero-order valence-corrected chi connectivity index (χ0v) is 19.1. The molecule has 3 aromatic rings. The Morgan fingerprint density at radius 3 is 2.62 bits per heavy atom. The van der Waals surface area contributed by atoms with Gasteiger partial charge in [-0.1, -0.05) is 53.7 Å². The predicted octanol–water partition coefficient (Wildman–Crippen LogP) is 4.76. The van der Waals surface area contributed by atoms with E-state index in [-0.39, 0.29) is 23.8 Å². The summed E-state index contributed by atoms with van der Waals surface area (Å²) >= 11 is 7.31. The number of nitrogens with zero attached hydrogens (tertiary/aromatic N) is 2. The lowest BCUT2D eigenvalue weighted by atomic mass is 9.87. The minimum absolute atomic E-state index is 0.133. The van der Waals surface area contributed by atoms with Crippen molar-refractivity contribution < 1.29 is 9.53 Å². The van der Waals surface area contributed by atoms with Crippen molar-refractivity contribution in [3.05, 3.63) is 93.3 Å². The van der Waals surface area contributed by atoms with Crippen LogP contribution in [-0.4, -0.2) is 21.2 Å². The number of carbonyl (C=O) groups excluding carboxylic acids is 1. The van der Waals surface area contributed by atoms with Crippen molar-refractivity contribution >= 4 is 35.1 Å². The Morgan fingerprint density at radius 1 is 1.22 bits per heavy atom. The van der Waals surface area contributed by atoms with E-state index in [1.807, 2.05) is 48.5 Å². The van der Waals surface area contributed by atoms with Crippen molar-refractivity contribution in [2.75, 3.05) is 11.1 Å². The molecule has 0 unspecified atom stereocenters. The molecule has 0 saturated heterocycles. The molecule has 0 fully saturated rings. The Balaban J connectivity index is 1.58. The number of ether oxygens (including phenoxy) is 1. The second-order valence-corrected chi connectivity index (χ2v) is 8.83. The van der Waals surface area contributed by atoms with Gasteiger partial charge in [-0.25, -0.2) is 0 Å². The number of amides is 1. The minimum Gasteiger partial charge on any atom is -0.489 e. The molecule has 0 aliphatic carbocycles. The molecule has 0 saturated carbocycles. The summed E-state index contributed by atoms with van der Waals surface area (Å²) in [6.45, 7) is 4.12. The van der Waals surface area contributed by atoms with Crippen molar-refractivity contribution in [3.63, 3.8) is 0 Å². The van der Waals surface area contributed by atoms with Crippen molar-refractivity contribution in [1.82, 2.24) is 9.55 Å². The van der Waals surface area contributed by atoms with Crippen molar-refractivity contribution in [2.24, 2.45) is 7.05 Å². The molecule has 1 aliphatic heterocycles. The number of anilines is 1. The van der Waals surface area contributed by atoms with Crippen LogP contribution in [0.1, 0.15) is 29.0 Å². The van der Waals surface area contributed by atoms with Gasteiger partial charge in [-0.2, -0.15) is 4.98 Å². The van der Waals surface area contributed by atoms with Gasteiger partial charge in [0.1, 0.15) is 18.2 Å². The quantitative estimate of drug-likeness (QED) is 0.308. The van der Waals surface area contributed by atoms with Gasteiger partial charge in [0.05, 0.1) is 5.56 Å². The molecule has 32 heavy (non-hydrogen) atoms. The lowest BCUT2D eigenvalue weighted by Crippen LogP contribution is -2.33. The maximum atomic E-state index is 12.9. The zero-order valence-electron chi connectivity index (χ0n) is 17.5. The number of aromatic nitrogens is 2. The molecule has 1 amide bonds. The average molecular weight is 468 g/mol. The molecule has 0 spiro atoms. The first-order valence-electron chi connectivity index (χ1n) is 10.1. The molecule has 0 bridgehead atoms. The van der Waals surface area contributed by atoms with Crippen LogP contribution in [0.5, 0.6) is 5.75 Å². The Kier molecular flexibility index (Phi) is 6.67. The van der Waals surface area contributed by atoms with Gasteiger partial charge < -0.3 is 14.6 Å². The summed E-state index contributed by atoms with van der Waals surface area (Å²) in [4.78, 5) is 29.6. The Labute approximate surface area is 195 Å². The number of hydrogen-bond acceptors (Lipinski definition) is 5. The second-order valence-electron chi connectivity index (χ2n) is 7.41. The molecule has 2 aromatic carbocycles. The molecule has 1 atom stereocenters. The standard InChI is InChI=1S/C24H22ClN3O3S/c1-3-12-32-24-27-23(30)21-19(13-20(29)26-22(21)28(24)2)16-6-10-18(11-7-16)31-14-15-4-8-17(25)9-5-15/h3-11,19H,1,12-14H2,2H3,(H,26,29)/t19-/m1/s1. The maximum absolute atomic E-state index is 12.9. The molecule has 8 heteroatoms. The smallest absolute Gasteiger partial charge is 0.279 e. The number of rotatable bonds is 7. The monoisotopic (exact) mass is 467 g/mol. The number of fused-ring (bicyclic) bond motifs is 1. The van der Waals surface area contributed by atoms with Crippen LogP contribution in [-0.2, 0) is 18.4 Å². The van der Waals surface area contributed by atoms with Crippen LogP contribution >= 0.6 is 23.4 Å². The topological polar surface area (TPSA) is 73.2 Å². The first-order chi connectivity index (χ1) is 15.5. The zero-order chi connectivity index (χ0) is 22.7. The van der Waals surface area contributed by atoms with Gasteiger partial charge in [-0.3, -0.25) is 9.59 Å². The predicted molar refractivity (Wildman–Crippen MR) is 128 cm³/mol. The average Bonchev–Trinajstić information content (AvgIpc) is 2.80. The summed E-state index contributed by atoms with van der Waals surface area (Å²) in [6.07, 6.45) is 1.93. The first-order valence-corrected chi connectivity index (χ1v) is 11.4. The normalized spacial score (nSPS) is 15.1. The molecule has 4 rings (SSSR count). The van der Waals surface area contributed by atoms with E-state index in [1.54, 1.807) is 17.7 Å². The second kappa shape index (κ2) is 9.63. The fourth-order valence-corrected chi connectivity index (χ4v) is 4.45. The molecule has 164 valence electrons. The van der Waals surface area contributed by atoms with Crippen LogP contribution < -0.4 is 15.6 Å². The summed E-state index contributed by atoms with van der Waals surface area (Å²) in [6, 6.07) is 15.0. The van der Waals surface area contributed by atoms with Crippen LogP contribution in [0.2, 0.25) is 5.02 Å². The van der Waals surface area contributed by atoms with Crippen LogP contribution in [0, 0.1) is 0 Å². The number of carbonyl (C=O) groups is 1. The van der Waals surface area contributed by atoms with Gasteiger partial charge >= 0.3 is 0 Å². The van der Waals surface area contributed by atoms with E-state index in [1.165, 1.54) is 11.8 Å². The third-order valence-electron chi connectivity index (χ3n) is 5.23. The van der Waals surface area contributed by atoms with E-state index >= 15 is 0 Å². The maximum Gasteiger partial charge on any atom is 0.279 e. The van der Waals surface area contributed by atoms with Crippen LogP contribution in [0.3, 0.4) is 0 Å². The molecule has 0 radical (unpaired) electrons. The van der Waals surface area contributed by atoms with Crippen LogP contribution in [0.25, 0.3) is 0 Å². The van der Waals surface area contributed by atoms with Crippen LogP contribution in [0.15, 0.2) is 71.1 Å². The molecule has 2 heterocycles. The summed E-state index contributed by atoms with van der Waals surface area (Å²) < 4.78 is 7.61. The van der Waals surface area contributed by atoms with Crippen molar-refractivity contribution in [3.8, 4) is 5.75 Å². The molecule has 6 nitrogen and oxygen atoms in total. The fraction of sp³-hybridized carbons (Fsp3) is 0.208. The highest BCUT2D eigenvalue weighted by molar-refractivity contribution is 7.99. The molecule has 1 aromatic heterocycles. The number of benzene rings is 2. The van der Waals surface area contributed by atoms with Crippen LogP contribution in [0.4, 0.5) is 5.82 Å². The third kappa shape index (κ3) is 4.74. The van der Waals surface area contributed by atoms with E-state index in [0.717, 1.165) is 11.1 Å². The Morgan fingerprint density at radius 2 is 1.94 bits per heavy atom.